The highest BCUT2D eigenvalue weighted by molar-refractivity contribution is 6.17. The van der Waals surface area contributed by atoms with Crippen LogP contribution in [0.5, 0.6) is 0 Å². The number of pyridine rings is 5. The molecule has 30 rings (SSSR count). The van der Waals surface area contributed by atoms with E-state index in [1.54, 1.807) is 0 Å². The van der Waals surface area contributed by atoms with Gasteiger partial charge in [0.05, 0.1) is 90.0 Å². The highest BCUT2D eigenvalue weighted by Crippen LogP contribution is 2.46. The third-order valence-corrected chi connectivity index (χ3v) is 29.2. The van der Waals surface area contributed by atoms with Crippen LogP contribution >= 0.6 is 0 Å². The van der Waals surface area contributed by atoms with Crippen LogP contribution in [0.4, 0.5) is 0 Å². The fourth-order valence-electron chi connectivity index (χ4n) is 22.2. The van der Waals surface area contributed by atoms with E-state index in [-0.39, 0.29) is 0 Å². The van der Waals surface area contributed by atoms with Crippen LogP contribution in [0, 0.1) is 0 Å². The van der Waals surface area contributed by atoms with Crippen LogP contribution in [0.3, 0.4) is 0 Å². The first-order chi connectivity index (χ1) is 74.4. The molecule has 18 aromatic carbocycles. The van der Waals surface area contributed by atoms with Crippen LogP contribution < -0.4 is 0 Å². The van der Waals surface area contributed by atoms with Crippen LogP contribution in [-0.2, 0) is 0 Å². The Hall–Kier alpha value is -20.4. The zero-order valence-electron chi connectivity index (χ0n) is 81.2. The summed E-state index contributed by atoms with van der Waals surface area (Å²) in [4.78, 5) is 35.3. The van der Waals surface area contributed by atoms with Crippen LogP contribution in [0.15, 0.2) is 540 Å². The van der Waals surface area contributed by atoms with Crippen molar-refractivity contribution in [1.82, 2.24) is 62.3 Å². The van der Waals surface area contributed by atoms with Gasteiger partial charge in [-0.25, -0.2) is 34.9 Å². The quantitative estimate of drug-likeness (QED) is 0.100. The molecule has 13 nitrogen and oxygen atoms in total. The molecule has 150 heavy (non-hydrogen) atoms. The minimum Gasteiger partial charge on any atom is -0.309 e. The fourth-order valence-corrected chi connectivity index (χ4v) is 22.2. The predicted molar refractivity (Wildman–Crippen MR) is 619 cm³/mol. The van der Waals surface area contributed by atoms with Gasteiger partial charge < -0.3 is 13.7 Å². The molecular weight excluding hydrogens is 1830 g/mol. The van der Waals surface area contributed by atoms with Crippen molar-refractivity contribution >= 4 is 131 Å². The first-order valence-electron chi connectivity index (χ1n) is 50.6. The highest BCUT2D eigenvalue weighted by atomic mass is 15.1. The monoisotopic (exact) mass is 1920 g/mol. The van der Waals surface area contributed by atoms with E-state index in [4.69, 9.17) is 34.9 Å². The van der Waals surface area contributed by atoms with Crippen molar-refractivity contribution in [2.24, 2.45) is 0 Å². The average molecular weight is 1920 g/mol. The summed E-state index contributed by atoms with van der Waals surface area (Å²) in [7, 11) is 0. The average Bonchev–Trinajstić information content (AvgIpc) is 1.58. The molecule has 0 aliphatic heterocycles. The molecular formula is C137H89N13. The van der Waals surface area contributed by atoms with Crippen molar-refractivity contribution < 1.29 is 0 Å². The van der Waals surface area contributed by atoms with Gasteiger partial charge >= 0.3 is 0 Å². The lowest BCUT2D eigenvalue weighted by Gasteiger charge is -2.14. The van der Waals surface area contributed by atoms with Gasteiger partial charge in [-0.3, -0.25) is 13.7 Å². The van der Waals surface area contributed by atoms with Crippen LogP contribution in [0.1, 0.15) is 0 Å². The lowest BCUT2D eigenvalue weighted by Crippen LogP contribution is -2.03. The molecule has 0 saturated heterocycles. The molecule has 0 spiro atoms. The van der Waals surface area contributed by atoms with Gasteiger partial charge in [-0.05, 0) is 214 Å². The van der Waals surface area contributed by atoms with Gasteiger partial charge in [-0.15, -0.1) is 0 Å². The van der Waals surface area contributed by atoms with E-state index in [1.807, 2.05) is 110 Å². The van der Waals surface area contributed by atoms with Gasteiger partial charge in [0.15, 0.2) is 5.82 Å². The molecule has 0 atom stereocenters. The number of hydrogen-bond donors (Lipinski definition) is 0. The SMILES string of the molecule is c1ccc(-c2cc(-c3ccccc3)nc(-n3c4ccc(-c5ccc6c7ccccc7n(-c7ccccc7)c6c5)cc4c4cccnc43)c2)cc1.c1ccc(-c2cc(-n3c4ccc(-c5ccc6c7ccccc7n(-c7ccccc7)c6c5)cc4c4cccnc43)cc(-c3ccccc3)n2)cc1.c1ccc(-c2ncc(-n3c4ccc(-c5ccc6c7ccccc7n(-c7ccccc7)c6c5)cc4c4cccnc43)c(-c3ccccc3)n2)cc1. The molecule has 702 valence electrons. The van der Waals surface area contributed by atoms with Gasteiger partial charge in [0.2, 0.25) is 0 Å². The molecule has 0 saturated carbocycles. The van der Waals surface area contributed by atoms with Gasteiger partial charge in [-0.2, -0.15) is 0 Å². The maximum absolute atomic E-state index is 5.27. The summed E-state index contributed by atoms with van der Waals surface area (Å²) in [5.41, 5.74) is 36.5. The normalized spacial score (nSPS) is 11.6. The second kappa shape index (κ2) is 37.1. The standard InChI is InChI=1S/2C46H30N4.C45H29N5/c1-4-13-31(14-5-1)35-28-41(32-15-6-2-7-16-32)48-45(30-35)50-43-25-23-33(27-40(43)39-20-12-26-47-46(39)50)34-22-24-38-37-19-10-11-21-42(37)49(44(38)29-34)36-17-8-3-9-18-36;1-4-13-31(14-5-1)41-29-36(30-42(48-41)32-15-6-2-7-16-32)50-44-25-23-33(27-40(44)39-20-12-26-47-46(39)50)34-22-24-38-37-19-10-11-21-43(37)49(45(38)28-34)35-17-8-3-9-18-35;1-4-13-30(14-5-1)43-42(29-47-44(48-43)31-15-6-2-7-16-31)50-40-25-23-32(27-38(40)37-20-12-26-46-45(37)50)33-22-24-36-35-19-10-11-21-39(35)49(41(36)28-33)34-17-8-3-9-18-34/h2*1-30H;1-29H. The van der Waals surface area contributed by atoms with E-state index in [0.29, 0.717) is 5.82 Å². The zero-order valence-corrected chi connectivity index (χ0v) is 81.2. The molecule has 0 fully saturated rings. The summed E-state index contributed by atoms with van der Waals surface area (Å²) >= 11 is 0. The molecule has 0 aliphatic rings. The zero-order chi connectivity index (χ0) is 99.1. The Labute approximate surface area is 863 Å². The van der Waals surface area contributed by atoms with Crippen LogP contribution in [-0.4, -0.2) is 62.3 Å². The predicted octanol–water partition coefficient (Wildman–Crippen LogP) is 34.4. The molecule has 12 heterocycles. The number of para-hydroxylation sites is 6. The summed E-state index contributed by atoms with van der Waals surface area (Å²) in [5, 5.41) is 14.2. The van der Waals surface area contributed by atoms with Crippen LogP contribution in [0.2, 0.25) is 0 Å². The van der Waals surface area contributed by atoms with E-state index in [0.717, 1.165) is 184 Å². The topological polar surface area (TPSA) is 120 Å². The van der Waals surface area contributed by atoms with Crippen molar-refractivity contribution in [3.8, 4) is 135 Å². The largest absolute Gasteiger partial charge is 0.309 e. The van der Waals surface area contributed by atoms with E-state index in [9.17, 15) is 0 Å². The van der Waals surface area contributed by atoms with E-state index in [1.165, 1.54) is 76.5 Å². The second-order valence-corrected chi connectivity index (χ2v) is 37.9. The third kappa shape index (κ3) is 15.4. The van der Waals surface area contributed by atoms with Crippen molar-refractivity contribution in [3.05, 3.63) is 540 Å². The molecule has 0 amide bonds. The molecule has 0 radical (unpaired) electrons. The number of aromatic nitrogens is 13. The van der Waals surface area contributed by atoms with Gasteiger partial charge in [0, 0.05) is 128 Å². The number of benzene rings is 18. The van der Waals surface area contributed by atoms with E-state index in [2.05, 4.69) is 458 Å². The summed E-state index contributed by atoms with van der Waals surface area (Å²) in [6, 6.07) is 182. The number of hydrogen-bond acceptors (Lipinski definition) is 7. The Balaban J connectivity index is 0.000000108. The number of nitrogens with zero attached hydrogens (tertiary/aromatic N) is 13. The molecule has 0 unspecified atom stereocenters. The maximum Gasteiger partial charge on any atom is 0.159 e. The van der Waals surface area contributed by atoms with Crippen molar-refractivity contribution in [2.45, 2.75) is 0 Å². The Kier molecular flexibility index (Phi) is 21.6. The molecule has 12 aromatic heterocycles. The first-order valence-corrected chi connectivity index (χ1v) is 50.6. The van der Waals surface area contributed by atoms with E-state index >= 15 is 0 Å². The third-order valence-electron chi connectivity index (χ3n) is 29.2. The highest BCUT2D eigenvalue weighted by Gasteiger charge is 2.26. The summed E-state index contributed by atoms with van der Waals surface area (Å²) in [5.74, 6) is 1.53. The maximum atomic E-state index is 5.27. The molecule has 0 aliphatic carbocycles. The van der Waals surface area contributed by atoms with Crippen molar-refractivity contribution in [3.63, 3.8) is 0 Å². The Bertz CT molecular complexity index is 9930. The smallest absolute Gasteiger partial charge is 0.159 e. The molecule has 30 aromatic rings. The van der Waals surface area contributed by atoms with Crippen molar-refractivity contribution in [2.75, 3.05) is 0 Å². The Morgan fingerprint density at radius 3 is 0.853 bits per heavy atom. The summed E-state index contributed by atoms with van der Waals surface area (Å²) in [6.07, 6.45) is 7.55. The summed E-state index contributed by atoms with van der Waals surface area (Å²) in [6.45, 7) is 0. The minimum atomic E-state index is 0.688. The molecule has 0 N–H and O–H groups in total. The lowest BCUT2D eigenvalue weighted by atomic mass is 10.0. The molecule has 13 heteroatoms. The summed E-state index contributed by atoms with van der Waals surface area (Å²) < 4.78 is 13.8. The van der Waals surface area contributed by atoms with E-state index < -0.39 is 0 Å². The number of fused-ring (bicyclic) bond motifs is 18. The van der Waals surface area contributed by atoms with Gasteiger partial charge in [0.25, 0.3) is 0 Å². The Morgan fingerprint density at radius 2 is 0.447 bits per heavy atom. The first kappa shape index (κ1) is 87.4. The number of rotatable bonds is 15. The van der Waals surface area contributed by atoms with Crippen LogP contribution in [0.25, 0.3) is 266 Å². The minimum absolute atomic E-state index is 0.688. The second-order valence-electron chi connectivity index (χ2n) is 37.9. The van der Waals surface area contributed by atoms with Crippen molar-refractivity contribution in [1.29, 1.82) is 0 Å². The Morgan fingerprint density at radius 1 is 0.147 bits per heavy atom. The van der Waals surface area contributed by atoms with Gasteiger partial charge in [0.1, 0.15) is 22.8 Å². The van der Waals surface area contributed by atoms with Gasteiger partial charge in [-0.1, -0.05) is 346 Å². The molecule has 0 bridgehead atoms. The fraction of sp³-hybridized carbons (Fsp3) is 0. The lowest BCUT2D eigenvalue weighted by molar-refractivity contribution is 1.06.